The van der Waals surface area contributed by atoms with E-state index in [0.29, 0.717) is 37.3 Å². The van der Waals surface area contributed by atoms with Crippen LogP contribution in [0.3, 0.4) is 0 Å². The molecule has 9 nitrogen and oxygen atoms in total. The number of halogens is 2. The van der Waals surface area contributed by atoms with Crippen molar-refractivity contribution in [1.82, 2.24) is 19.7 Å². The largest absolute Gasteiger partial charge is 0.349 e. The van der Waals surface area contributed by atoms with Crippen molar-refractivity contribution in [1.29, 1.82) is 0 Å². The van der Waals surface area contributed by atoms with E-state index in [1.54, 1.807) is 29.2 Å². The molecule has 1 aliphatic rings. The molecule has 3 aromatic rings. The summed E-state index contributed by atoms with van der Waals surface area (Å²) in [4.78, 5) is 37.8. The average molecular weight is 681 g/mol. The van der Waals surface area contributed by atoms with E-state index in [2.05, 4.69) is 42.7 Å². The van der Waals surface area contributed by atoms with Crippen LogP contribution >= 0.6 is 11.6 Å². The van der Waals surface area contributed by atoms with Gasteiger partial charge in [0, 0.05) is 37.3 Å². The van der Waals surface area contributed by atoms with Crippen molar-refractivity contribution in [3.05, 3.63) is 88.7 Å². The van der Waals surface area contributed by atoms with E-state index in [1.165, 1.54) is 17.0 Å². The average Bonchev–Trinajstić information content (AvgIpc) is 3.01. The molecular weight excluding hydrogens is 639 g/mol. The SMILES string of the molecule is C=CC(=O)N1CC(C)N(/C(=N/[SH]=O)c2cc(Cl)c(-c3ccccc3F)nc2N(C=O)c2ccc(CN(C)C)cc2C(C)(C)C)CC1C. The molecule has 2 heterocycles. The molecule has 1 aromatic heterocycles. The standard InChI is InChI=1S/C35H42ClFN6O3S/c1-9-31(45)41-18-23(3)42(19-22(41)2)34(39-47-46)26-17-28(36)32(25-12-10-11-13-29(25)37)38-33(26)43(21-44)30-15-14-24(20-40(7)8)16-27(30)35(4,5)6/h9-17,21-23,47H,1,18-20H2,2-8H3/b39-34+. The second-order valence-electron chi connectivity index (χ2n) is 13.0. The molecule has 2 unspecified atom stereocenters. The number of anilines is 2. The highest BCUT2D eigenvalue weighted by Gasteiger charge is 2.36. The van der Waals surface area contributed by atoms with Crippen molar-refractivity contribution in [2.75, 3.05) is 32.1 Å². The molecule has 0 N–H and O–H groups in total. The van der Waals surface area contributed by atoms with Crippen LogP contribution in [0.1, 0.15) is 51.3 Å². The topological polar surface area (TPSA) is 89.4 Å². The Morgan fingerprint density at radius 1 is 1.13 bits per heavy atom. The number of hydrogen-bond acceptors (Lipinski definition) is 5. The van der Waals surface area contributed by atoms with Gasteiger partial charge in [0.1, 0.15) is 17.7 Å². The number of carbonyl (C=O) groups is 2. The lowest BCUT2D eigenvalue weighted by Gasteiger charge is -2.45. The number of amidine groups is 1. The number of thiol groups is 1. The summed E-state index contributed by atoms with van der Waals surface area (Å²) in [7, 11) is 3.98. The van der Waals surface area contributed by atoms with Crippen LogP contribution < -0.4 is 4.90 Å². The van der Waals surface area contributed by atoms with Crippen molar-refractivity contribution in [2.24, 2.45) is 4.40 Å². The fourth-order valence-corrected chi connectivity index (χ4v) is 6.45. The van der Waals surface area contributed by atoms with Gasteiger partial charge < -0.3 is 14.7 Å². The van der Waals surface area contributed by atoms with Crippen LogP contribution in [0.25, 0.3) is 11.3 Å². The Morgan fingerprint density at radius 3 is 2.38 bits per heavy atom. The molecule has 0 saturated carbocycles. The highest BCUT2D eigenvalue weighted by atomic mass is 35.5. The van der Waals surface area contributed by atoms with Crippen molar-refractivity contribution >= 4 is 53.1 Å². The lowest BCUT2D eigenvalue weighted by molar-refractivity contribution is -0.130. The second kappa shape index (κ2) is 14.9. The lowest BCUT2D eigenvalue weighted by atomic mass is 9.84. The Balaban J connectivity index is 2.00. The number of pyridine rings is 1. The number of hydrogen-bond donors (Lipinski definition) is 1. The van der Waals surface area contributed by atoms with Crippen LogP contribution in [0.15, 0.2) is 65.6 Å². The van der Waals surface area contributed by atoms with Crippen molar-refractivity contribution in [3.8, 4) is 11.3 Å². The van der Waals surface area contributed by atoms with Crippen molar-refractivity contribution < 1.29 is 18.2 Å². The fraction of sp³-hybridized carbons (Fsp3) is 0.371. The summed E-state index contributed by atoms with van der Waals surface area (Å²) < 4.78 is 31.7. The second-order valence-corrected chi connectivity index (χ2v) is 13.8. The smallest absolute Gasteiger partial charge is 0.246 e. The first kappa shape index (κ1) is 35.9. The van der Waals surface area contributed by atoms with Crippen LogP contribution in [0.5, 0.6) is 0 Å². The summed E-state index contributed by atoms with van der Waals surface area (Å²) in [6, 6.07) is 13.1. The summed E-state index contributed by atoms with van der Waals surface area (Å²) in [6.07, 6.45) is 1.95. The maximum atomic E-state index is 15.2. The third-order valence-electron chi connectivity index (χ3n) is 8.14. The third kappa shape index (κ3) is 7.80. The molecule has 0 radical (unpaired) electrons. The van der Waals surface area contributed by atoms with Gasteiger partial charge in [-0.25, -0.2) is 13.6 Å². The van der Waals surface area contributed by atoms with Gasteiger partial charge in [-0.3, -0.25) is 14.5 Å². The first-order chi connectivity index (χ1) is 22.2. The number of piperazine rings is 1. The molecule has 1 aliphatic heterocycles. The number of aromatic nitrogens is 1. The minimum atomic E-state index is -0.530. The molecule has 47 heavy (non-hydrogen) atoms. The highest BCUT2D eigenvalue weighted by molar-refractivity contribution is 7.64. The zero-order chi connectivity index (χ0) is 34.6. The van der Waals surface area contributed by atoms with Gasteiger partial charge in [-0.15, -0.1) is 0 Å². The highest BCUT2D eigenvalue weighted by Crippen LogP contribution is 2.40. The fourth-order valence-electron chi connectivity index (χ4n) is 5.90. The summed E-state index contributed by atoms with van der Waals surface area (Å²) in [5.41, 5.74) is 2.76. The van der Waals surface area contributed by atoms with E-state index in [4.69, 9.17) is 16.6 Å². The Bertz CT molecular complexity index is 1710. The van der Waals surface area contributed by atoms with E-state index < -0.39 is 17.7 Å². The minimum absolute atomic E-state index is 0.119. The summed E-state index contributed by atoms with van der Waals surface area (Å²) in [6.45, 7) is 15.0. The van der Waals surface area contributed by atoms with Crippen LogP contribution in [0.4, 0.5) is 15.9 Å². The molecule has 1 saturated heterocycles. The molecule has 2 aromatic carbocycles. The van der Waals surface area contributed by atoms with Gasteiger partial charge in [0.25, 0.3) is 0 Å². The molecule has 0 bridgehead atoms. The van der Waals surface area contributed by atoms with Gasteiger partial charge in [-0.05, 0) is 74.8 Å². The normalized spacial score (nSPS) is 17.2. The van der Waals surface area contributed by atoms with Gasteiger partial charge in [-0.2, -0.15) is 4.40 Å². The van der Waals surface area contributed by atoms with E-state index >= 15 is 4.39 Å². The molecular formula is C35H42ClFN6O3S. The maximum Gasteiger partial charge on any atom is 0.246 e. The molecule has 0 spiro atoms. The third-order valence-corrected chi connectivity index (χ3v) is 8.70. The monoisotopic (exact) mass is 680 g/mol. The van der Waals surface area contributed by atoms with Crippen LogP contribution in [0.2, 0.25) is 5.02 Å². The quantitative estimate of drug-likeness (QED) is 0.0995. The zero-order valence-corrected chi connectivity index (χ0v) is 29.5. The summed E-state index contributed by atoms with van der Waals surface area (Å²) in [5, 5.41) is 0.119. The van der Waals surface area contributed by atoms with E-state index in [-0.39, 0.29) is 51.3 Å². The maximum absolute atomic E-state index is 15.2. The van der Waals surface area contributed by atoms with Gasteiger partial charge in [0.05, 0.1) is 22.0 Å². The van der Waals surface area contributed by atoms with Crippen LogP contribution in [0, 0.1) is 5.82 Å². The van der Waals surface area contributed by atoms with E-state index in [0.717, 1.165) is 11.1 Å². The zero-order valence-electron chi connectivity index (χ0n) is 27.9. The van der Waals surface area contributed by atoms with E-state index in [1.807, 2.05) is 45.0 Å². The van der Waals surface area contributed by atoms with Gasteiger partial charge in [0.2, 0.25) is 12.3 Å². The first-order valence-corrected chi connectivity index (χ1v) is 16.4. The molecule has 1 fully saturated rings. The number of carbonyl (C=O) groups excluding carboxylic acids is 2. The number of rotatable bonds is 9. The van der Waals surface area contributed by atoms with Gasteiger partial charge in [0.15, 0.2) is 11.7 Å². The Morgan fingerprint density at radius 2 is 1.79 bits per heavy atom. The number of nitrogens with zero attached hydrogens (tertiary/aromatic N) is 6. The summed E-state index contributed by atoms with van der Waals surface area (Å²) in [5.74, 6) is -0.312. The Hall–Kier alpha value is -3.93. The molecule has 2 amide bonds. The van der Waals surface area contributed by atoms with E-state index in [9.17, 15) is 13.8 Å². The lowest BCUT2D eigenvalue weighted by Crippen LogP contribution is -2.59. The number of benzene rings is 2. The first-order valence-electron chi connectivity index (χ1n) is 15.3. The van der Waals surface area contributed by atoms with Crippen LogP contribution in [-0.2, 0) is 33.4 Å². The van der Waals surface area contributed by atoms with Gasteiger partial charge >= 0.3 is 0 Å². The Labute approximate surface area is 285 Å². The summed E-state index contributed by atoms with van der Waals surface area (Å²) >= 11 is 6.32. The molecule has 2 atom stereocenters. The van der Waals surface area contributed by atoms with Crippen molar-refractivity contribution in [2.45, 2.75) is 58.7 Å². The van der Waals surface area contributed by atoms with Crippen molar-refractivity contribution in [3.63, 3.8) is 0 Å². The molecule has 12 heteroatoms. The van der Waals surface area contributed by atoms with Crippen LogP contribution in [-0.4, -0.2) is 81.3 Å². The minimum Gasteiger partial charge on any atom is -0.349 e. The number of amides is 2. The molecule has 0 aliphatic carbocycles. The predicted octanol–water partition coefficient (Wildman–Crippen LogP) is 5.91. The molecule has 4 rings (SSSR count). The predicted molar refractivity (Wildman–Crippen MR) is 189 cm³/mol. The Kier molecular flexibility index (Phi) is 11.4. The van der Waals surface area contributed by atoms with Gasteiger partial charge in [-0.1, -0.05) is 63.2 Å². The molecule has 250 valence electrons.